The topological polar surface area (TPSA) is 51.3 Å². The standard InChI is InChI=1S/C21H24FN3O/c1-4-14-9-19(26)25(16-5-6-16)20-12(2)21(18(22)10-17(14)20)24-8-7-15(11-24)13(3)23/h1,9-10,13,15-16H,5-8,11,23H2,2-3H3/t13-,15+/m0/s1. The SMILES string of the molecule is C#Cc1cc(=O)n(C2CC2)c2c(C)c(N3CC[C@@H]([C@H](C)N)C3)c(F)cc12. The summed E-state index contributed by atoms with van der Waals surface area (Å²) >= 11 is 0. The number of nitrogens with two attached hydrogens (primary N) is 1. The lowest BCUT2D eigenvalue weighted by molar-refractivity contribution is 0.487. The van der Waals surface area contributed by atoms with Crippen LogP contribution in [0.1, 0.15) is 43.4 Å². The Kier molecular flexibility index (Phi) is 4.04. The Morgan fingerprint density at radius 1 is 1.35 bits per heavy atom. The van der Waals surface area contributed by atoms with Gasteiger partial charge in [-0.3, -0.25) is 4.79 Å². The van der Waals surface area contributed by atoms with Crippen LogP contribution >= 0.6 is 0 Å². The highest BCUT2D eigenvalue weighted by atomic mass is 19.1. The molecule has 2 aromatic rings. The molecule has 5 heteroatoms. The molecule has 1 aromatic carbocycles. The van der Waals surface area contributed by atoms with Gasteiger partial charge in [0.2, 0.25) is 0 Å². The van der Waals surface area contributed by atoms with Crippen LogP contribution in [0, 0.1) is 31.0 Å². The summed E-state index contributed by atoms with van der Waals surface area (Å²) in [5.41, 5.74) is 8.59. The second-order valence-electron chi connectivity index (χ2n) is 7.72. The number of aryl methyl sites for hydroxylation is 1. The van der Waals surface area contributed by atoms with Gasteiger partial charge in [-0.2, -0.15) is 0 Å². The molecule has 2 heterocycles. The van der Waals surface area contributed by atoms with Crippen molar-refractivity contribution in [3.05, 3.63) is 39.4 Å². The van der Waals surface area contributed by atoms with Gasteiger partial charge in [0, 0.05) is 42.2 Å². The predicted molar refractivity (Wildman–Crippen MR) is 103 cm³/mol. The van der Waals surface area contributed by atoms with Crippen LogP contribution in [-0.2, 0) is 0 Å². The molecule has 1 saturated heterocycles. The van der Waals surface area contributed by atoms with E-state index in [4.69, 9.17) is 12.2 Å². The van der Waals surface area contributed by atoms with Gasteiger partial charge in [0.15, 0.2) is 0 Å². The van der Waals surface area contributed by atoms with Crippen molar-refractivity contribution in [2.24, 2.45) is 11.7 Å². The molecule has 4 rings (SSSR count). The summed E-state index contributed by atoms with van der Waals surface area (Å²) in [6.45, 7) is 5.42. The number of fused-ring (bicyclic) bond motifs is 1. The van der Waals surface area contributed by atoms with E-state index >= 15 is 4.39 Å². The van der Waals surface area contributed by atoms with Gasteiger partial charge >= 0.3 is 0 Å². The number of halogens is 1. The first kappa shape index (κ1) is 17.1. The second-order valence-corrected chi connectivity index (χ2v) is 7.72. The molecule has 1 saturated carbocycles. The molecule has 0 unspecified atom stereocenters. The number of terminal acetylenes is 1. The normalized spacial score (nSPS) is 21.2. The maximum Gasteiger partial charge on any atom is 0.252 e. The number of anilines is 1. The van der Waals surface area contributed by atoms with Crippen molar-refractivity contribution >= 4 is 16.6 Å². The van der Waals surface area contributed by atoms with Gasteiger partial charge in [-0.05, 0) is 50.7 Å². The molecule has 0 amide bonds. The van der Waals surface area contributed by atoms with E-state index in [0.717, 1.165) is 43.4 Å². The van der Waals surface area contributed by atoms with Crippen molar-refractivity contribution in [3.63, 3.8) is 0 Å². The number of aromatic nitrogens is 1. The van der Waals surface area contributed by atoms with E-state index in [0.29, 0.717) is 22.6 Å². The number of hydrogen-bond donors (Lipinski definition) is 1. The van der Waals surface area contributed by atoms with Gasteiger partial charge in [-0.15, -0.1) is 6.42 Å². The van der Waals surface area contributed by atoms with Gasteiger partial charge in [-0.1, -0.05) is 5.92 Å². The molecule has 0 spiro atoms. The molecule has 1 aromatic heterocycles. The number of rotatable bonds is 3. The van der Waals surface area contributed by atoms with E-state index in [9.17, 15) is 4.79 Å². The fraction of sp³-hybridized carbons (Fsp3) is 0.476. The lowest BCUT2D eigenvalue weighted by atomic mass is 10.0. The molecule has 1 aliphatic heterocycles. The molecule has 2 fully saturated rings. The molecule has 2 N–H and O–H groups in total. The van der Waals surface area contributed by atoms with Gasteiger partial charge in [0.05, 0.1) is 11.2 Å². The van der Waals surface area contributed by atoms with Gasteiger partial charge < -0.3 is 15.2 Å². The van der Waals surface area contributed by atoms with E-state index in [1.807, 2.05) is 18.4 Å². The Balaban J connectivity index is 1.95. The van der Waals surface area contributed by atoms with E-state index in [1.54, 1.807) is 0 Å². The fourth-order valence-electron chi connectivity index (χ4n) is 4.28. The highest BCUT2D eigenvalue weighted by Gasteiger charge is 2.31. The van der Waals surface area contributed by atoms with Gasteiger partial charge in [0.25, 0.3) is 5.56 Å². The zero-order valence-corrected chi connectivity index (χ0v) is 15.3. The zero-order chi connectivity index (χ0) is 18.6. The molecule has 2 atom stereocenters. The summed E-state index contributed by atoms with van der Waals surface area (Å²) in [6.07, 6.45) is 8.50. The van der Waals surface area contributed by atoms with Crippen LogP contribution in [0.2, 0.25) is 0 Å². The molecule has 1 aliphatic carbocycles. The number of nitrogens with zero attached hydrogens (tertiary/aromatic N) is 2. The summed E-state index contributed by atoms with van der Waals surface area (Å²) in [7, 11) is 0. The monoisotopic (exact) mass is 353 g/mol. The summed E-state index contributed by atoms with van der Waals surface area (Å²) in [5, 5.41) is 0.653. The summed E-state index contributed by atoms with van der Waals surface area (Å²) in [5.74, 6) is 2.63. The molecular weight excluding hydrogens is 329 g/mol. The van der Waals surface area contributed by atoms with Crippen molar-refractivity contribution in [2.45, 2.75) is 45.2 Å². The maximum absolute atomic E-state index is 15.1. The predicted octanol–water partition coefficient (Wildman–Crippen LogP) is 2.94. The van der Waals surface area contributed by atoms with Crippen LogP contribution in [0.5, 0.6) is 0 Å². The first-order valence-electron chi connectivity index (χ1n) is 9.27. The minimum Gasteiger partial charge on any atom is -0.369 e. The van der Waals surface area contributed by atoms with Crippen LogP contribution in [-0.4, -0.2) is 23.7 Å². The third-order valence-corrected chi connectivity index (χ3v) is 5.85. The average Bonchev–Trinajstić information content (AvgIpc) is 3.31. The molecule has 2 aliphatic rings. The fourth-order valence-corrected chi connectivity index (χ4v) is 4.28. The largest absolute Gasteiger partial charge is 0.369 e. The molecule has 4 nitrogen and oxygen atoms in total. The number of pyridine rings is 1. The lowest BCUT2D eigenvalue weighted by Gasteiger charge is -2.25. The second kappa shape index (κ2) is 6.14. The lowest BCUT2D eigenvalue weighted by Crippen LogP contribution is -2.30. The first-order chi connectivity index (χ1) is 12.4. The van der Waals surface area contributed by atoms with Crippen LogP contribution in [0.3, 0.4) is 0 Å². The summed E-state index contributed by atoms with van der Waals surface area (Å²) in [6, 6.07) is 3.25. The number of hydrogen-bond acceptors (Lipinski definition) is 3. The Bertz CT molecular complexity index is 982. The Morgan fingerprint density at radius 3 is 2.65 bits per heavy atom. The highest BCUT2D eigenvalue weighted by molar-refractivity contribution is 5.92. The molecule has 0 bridgehead atoms. The molecule has 0 radical (unpaired) electrons. The Labute approximate surface area is 152 Å². The van der Waals surface area contributed by atoms with Gasteiger partial charge in [-0.25, -0.2) is 4.39 Å². The first-order valence-corrected chi connectivity index (χ1v) is 9.27. The highest BCUT2D eigenvalue weighted by Crippen LogP contribution is 2.40. The van der Waals surface area contributed by atoms with Gasteiger partial charge in [0.1, 0.15) is 5.82 Å². The number of benzene rings is 1. The van der Waals surface area contributed by atoms with E-state index in [-0.39, 0.29) is 23.5 Å². The summed E-state index contributed by atoms with van der Waals surface area (Å²) < 4.78 is 16.9. The smallest absolute Gasteiger partial charge is 0.252 e. The van der Waals surface area contributed by atoms with E-state index in [1.165, 1.54) is 12.1 Å². The van der Waals surface area contributed by atoms with E-state index < -0.39 is 0 Å². The zero-order valence-electron chi connectivity index (χ0n) is 15.3. The minimum atomic E-state index is -0.280. The van der Waals surface area contributed by atoms with Crippen LogP contribution in [0.4, 0.5) is 10.1 Å². The Morgan fingerprint density at radius 2 is 2.08 bits per heavy atom. The Hall–Kier alpha value is -2.32. The summed E-state index contributed by atoms with van der Waals surface area (Å²) in [4.78, 5) is 14.7. The molecule has 136 valence electrons. The molecular formula is C21H24FN3O. The third-order valence-electron chi connectivity index (χ3n) is 5.85. The van der Waals surface area contributed by atoms with Crippen molar-refractivity contribution in [3.8, 4) is 12.3 Å². The van der Waals surface area contributed by atoms with Crippen molar-refractivity contribution in [1.29, 1.82) is 0 Å². The van der Waals surface area contributed by atoms with E-state index in [2.05, 4.69) is 10.8 Å². The van der Waals surface area contributed by atoms with Crippen molar-refractivity contribution < 1.29 is 4.39 Å². The van der Waals surface area contributed by atoms with Crippen LogP contribution < -0.4 is 16.2 Å². The maximum atomic E-state index is 15.1. The van der Waals surface area contributed by atoms with Crippen LogP contribution in [0.15, 0.2) is 16.9 Å². The quantitative estimate of drug-likeness (QED) is 0.863. The van der Waals surface area contributed by atoms with Crippen molar-refractivity contribution in [1.82, 2.24) is 4.57 Å². The van der Waals surface area contributed by atoms with Crippen LogP contribution in [0.25, 0.3) is 10.9 Å². The molecule has 26 heavy (non-hydrogen) atoms. The minimum absolute atomic E-state index is 0.0847. The third kappa shape index (κ3) is 2.60. The average molecular weight is 353 g/mol. The van der Waals surface area contributed by atoms with Crippen molar-refractivity contribution in [2.75, 3.05) is 18.0 Å².